The summed E-state index contributed by atoms with van der Waals surface area (Å²) in [5, 5.41) is 0. The maximum atomic E-state index is 12.9. The molecule has 0 radical (unpaired) electrons. The van der Waals surface area contributed by atoms with E-state index in [1.807, 2.05) is 25.1 Å². The summed E-state index contributed by atoms with van der Waals surface area (Å²) in [6.45, 7) is 11.0. The van der Waals surface area contributed by atoms with Crippen LogP contribution in [0.2, 0.25) is 0 Å². The van der Waals surface area contributed by atoms with Gasteiger partial charge in [0.1, 0.15) is 0 Å². The number of carbonyl (C=O) groups is 1. The number of benzene rings is 1. The van der Waals surface area contributed by atoms with Crippen LogP contribution >= 0.6 is 0 Å². The molecule has 0 spiro atoms. The number of ether oxygens (including phenoxy) is 1. The Kier molecular flexibility index (Phi) is 7.34. The number of nitrogens with zero attached hydrogens (tertiary/aromatic N) is 3. The van der Waals surface area contributed by atoms with Crippen molar-refractivity contribution in [2.45, 2.75) is 65.8 Å². The highest BCUT2D eigenvalue weighted by atomic mass is 16.5. The first-order valence-electron chi connectivity index (χ1n) is 11.2. The van der Waals surface area contributed by atoms with Gasteiger partial charge in [0.25, 0.3) is 5.91 Å². The van der Waals surface area contributed by atoms with Crippen LogP contribution in [0.4, 0.5) is 5.69 Å². The van der Waals surface area contributed by atoms with Crippen molar-refractivity contribution in [1.29, 1.82) is 0 Å². The van der Waals surface area contributed by atoms with Gasteiger partial charge in [-0.3, -0.25) is 9.69 Å². The fourth-order valence-electron chi connectivity index (χ4n) is 4.38. The molecule has 3 rings (SSSR count). The van der Waals surface area contributed by atoms with Crippen molar-refractivity contribution in [2.24, 2.45) is 10.9 Å². The smallest absolute Gasteiger partial charge is 0.300 e. The van der Waals surface area contributed by atoms with E-state index in [2.05, 4.69) is 37.8 Å². The Balaban J connectivity index is 1.80. The number of hydrogen-bond acceptors (Lipinski definition) is 4. The molecule has 1 aliphatic carbocycles. The third-order valence-electron chi connectivity index (χ3n) is 6.19. The lowest BCUT2D eigenvalue weighted by Crippen LogP contribution is -2.32. The molecule has 1 aromatic rings. The van der Waals surface area contributed by atoms with Gasteiger partial charge in [0.2, 0.25) is 0 Å². The number of rotatable bonds is 7. The largest absolute Gasteiger partial charge is 0.420 e. The zero-order valence-electron chi connectivity index (χ0n) is 18.4. The average molecular weight is 398 g/mol. The van der Waals surface area contributed by atoms with E-state index in [-0.39, 0.29) is 11.9 Å². The minimum atomic E-state index is -0.0945. The van der Waals surface area contributed by atoms with Crippen molar-refractivity contribution >= 4 is 23.7 Å². The third kappa shape index (κ3) is 4.82. The van der Waals surface area contributed by atoms with Crippen molar-refractivity contribution in [1.82, 2.24) is 4.90 Å². The summed E-state index contributed by atoms with van der Waals surface area (Å²) in [7, 11) is 0. The number of hydrogen-bond donors (Lipinski definition) is 0. The van der Waals surface area contributed by atoms with Crippen LogP contribution in [0.25, 0.3) is 6.08 Å². The normalized spacial score (nSPS) is 25.0. The zero-order valence-corrected chi connectivity index (χ0v) is 18.4. The minimum absolute atomic E-state index is 0.0945. The summed E-state index contributed by atoms with van der Waals surface area (Å²) in [6, 6.07) is 9.01. The molecule has 1 aliphatic heterocycles. The van der Waals surface area contributed by atoms with Crippen LogP contribution in [0.15, 0.2) is 35.0 Å². The molecule has 2 fully saturated rings. The lowest BCUT2D eigenvalue weighted by Gasteiger charge is -2.28. The second-order valence-corrected chi connectivity index (χ2v) is 7.86. The van der Waals surface area contributed by atoms with E-state index in [4.69, 9.17) is 9.73 Å². The Morgan fingerprint density at radius 2 is 1.79 bits per heavy atom. The Hall–Kier alpha value is -2.30. The molecule has 2 unspecified atom stereocenters. The topological polar surface area (TPSA) is 45.1 Å². The van der Waals surface area contributed by atoms with Gasteiger partial charge in [-0.2, -0.15) is 0 Å². The van der Waals surface area contributed by atoms with E-state index in [1.54, 1.807) is 4.90 Å². The number of anilines is 1. The highest BCUT2D eigenvalue weighted by Crippen LogP contribution is 2.31. The average Bonchev–Trinajstić information content (AvgIpc) is 3.04. The number of amides is 1. The van der Waals surface area contributed by atoms with Gasteiger partial charge in [0, 0.05) is 25.3 Å². The molecule has 1 amide bonds. The molecule has 1 aromatic carbocycles. The summed E-state index contributed by atoms with van der Waals surface area (Å²) in [6.07, 6.45) is 7.76. The monoisotopic (exact) mass is 397 g/mol. The van der Waals surface area contributed by atoms with E-state index < -0.39 is 0 Å². The van der Waals surface area contributed by atoms with Gasteiger partial charge < -0.3 is 9.64 Å². The van der Waals surface area contributed by atoms with E-state index in [0.29, 0.717) is 24.2 Å². The molecule has 5 heteroatoms. The van der Waals surface area contributed by atoms with Crippen molar-refractivity contribution in [3.8, 4) is 0 Å². The van der Waals surface area contributed by atoms with Gasteiger partial charge in [0.15, 0.2) is 5.76 Å². The SMILES string of the molecule is CCC1CCCCC1N=C1O/C(=C/c2ccc(N(CC)CC)cc2)C(=O)N1CC. The number of carbonyl (C=O) groups excluding carboxylic acids is 1. The van der Waals surface area contributed by atoms with Gasteiger partial charge >= 0.3 is 6.02 Å². The van der Waals surface area contributed by atoms with Crippen molar-refractivity contribution in [2.75, 3.05) is 24.5 Å². The van der Waals surface area contributed by atoms with Crippen LogP contribution in [-0.4, -0.2) is 42.5 Å². The molecule has 1 saturated carbocycles. The van der Waals surface area contributed by atoms with E-state index >= 15 is 0 Å². The van der Waals surface area contributed by atoms with E-state index in [9.17, 15) is 4.79 Å². The first-order valence-corrected chi connectivity index (χ1v) is 11.2. The minimum Gasteiger partial charge on any atom is -0.420 e. The molecule has 29 heavy (non-hydrogen) atoms. The lowest BCUT2D eigenvalue weighted by atomic mass is 9.83. The predicted molar refractivity (Wildman–Crippen MR) is 120 cm³/mol. The van der Waals surface area contributed by atoms with Crippen LogP contribution in [0.1, 0.15) is 65.4 Å². The molecule has 158 valence electrons. The first kappa shape index (κ1) is 21.4. The van der Waals surface area contributed by atoms with Gasteiger partial charge in [-0.25, -0.2) is 4.99 Å². The maximum Gasteiger partial charge on any atom is 0.300 e. The van der Waals surface area contributed by atoms with Crippen LogP contribution in [0.5, 0.6) is 0 Å². The molecule has 0 N–H and O–H groups in total. The molecule has 0 aromatic heterocycles. The molecule has 0 bridgehead atoms. The van der Waals surface area contributed by atoms with Gasteiger partial charge in [-0.15, -0.1) is 0 Å². The molecule has 2 atom stereocenters. The maximum absolute atomic E-state index is 12.9. The Labute approximate surface area is 175 Å². The lowest BCUT2D eigenvalue weighted by molar-refractivity contribution is -0.122. The van der Waals surface area contributed by atoms with Gasteiger partial charge in [0.05, 0.1) is 6.04 Å². The second kappa shape index (κ2) is 9.95. The van der Waals surface area contributed by atoms with Crippen molar-refractivity contribution < 1.29 is 9.53 Å². The molecule has 1 heterocycles. The van der Waals surface area contributed by atoms with Crippen molar-refractivity contribution in [3.63, 3.8) is 0 Å². The molecular weight excluding hydrogens is 362 g/mol. The number of amidine groups is 1. The Bertz CT molecular complexity index is 750. The van der Waals surface area contributed by atoms with E-state index in [0.717, 1.165) is 31.5 Å². The summed E-state index contributed by atoms with van der Waals surface area (Å²) in [5.74, 6) is 0.863. The quantitative estimate of drug-likeness (QED) is 0.603. The van der Waals surface area contributed by atoms with Crippen LogP contribution < -0.4 is 4.90 Å². The number of likely N-dealkylation sites (N-methyl/N-ethyl adjacent to an activating group) is 1. The summed E-state index contributed by atoms with van der Waals surface area (Å²) in [4.78, 5) is 21.7. The predicted octanol–water partition coefficient (Wildman–Crippen LogP) is 5.08. The fourth-order valence-corrected chi connectivity index (χ4v) is 4.38. The standard InChI is InChI=1S/C24H35N3O2/c1-5-19-11-9-10-12-21(19)25-24-27(8-4)23(28)22(29-24)17-18-13-15-20(16-14-18)26(6-2)7-3/h13-17,19,21H,5-12H2,1-4H3/b22-17+,25-24?. The van der Waals surface area contributed by atoms with Crippen LogP contribution in [-0.2, 0) is 9.53 Å². The van der Waals surface area contributed by atoms with Crippen molar-refractivity contribution in [3.05, 3.63) is 35.6 Å². The highest BCUT2D eigenvalue weighted by molar-refractivity contribution is 6.11. The van der Waals surface area contributed by atoms with Gasteiger partial charge in [-0.1, -0.05) is 38.3 Å². The molecule has 2 aliphatic rings. The molecule has 1 saturated heterocycles. The summed E-state index contributed by atoms with van der Waals surface area (Å²) in [5.41, 5.74) is 2.15. The second-order valence-electron chi connectivity index (χ2n) is 7.86. The zero-order chi connectivity index (χ0) is 20.8. The highest BCUT2D eigenvalue weighted by Gasteiger charge is 2.35. The third-order valence-corrected chi connectivity index (χ3v) is 6.19. The Morgan fingerprint density at radius 1 is 1.10 bits per heavy atom. The first-order chi connectivity index (χ1) is 14.1. The van der Waals surface area contributed by atoms with Crippen LogP contribution in [0, 0.1) is 5.92 Å². The molecular formula is C24H35N3O2. The summed E-state index contributed by atoms with van der Waals surface area (Å²) >= 11 is 0. The fraction of sp³-hybridized carbons (Fsp3) is 0.583. The van der Waals surface area contributed by atoms with Gasteiger partial charge in [-0.05, 0) is 63.3 Å². The van der Waals surface area contributed by atoms with E-state index in [1.165, 1.54) is 24.9 Å². The number of aliphatic imine (C=N–C) groups is 1. The summed E-state index contributed by atoms with van der Waals surface area (Å²) < 4.78 is 5.97. The van der Waals surface area contributed by atoms with Crippen LogP contribution in [0.3, 0.4) is 0 Å². The molecule has 5 nitrogen and oxygen atoms in total. The Morgan fingerprint density at radius 3 is 2.41 bits per heavy atom.